The van der Waals surface area contributed by atoms with Crippen LogP contribution in [-0.2, 0) is 11.2 Å². The third kappa shape index (κ3) is 4.76. The normalized spacial score (nSPS) is 11.1. The van der Waals surface area contributed by atoms with Crippen LogP contribution in [0.5, 0.6) is 5.75 Å². The van der Waals surface area contributed by atoms with Crippen molar-refractivity contribution in [2.45, 2.75) is 26.2 Å². The summed E-state index contributed by atoms with van der Waals surface area (Å²) in [6, 6.07) is 27.6. The fraction of sp³-hybridized carbons (Fsp3) is 0.179. The van der Waals surface area contributed by atoms with Crippen molar-refractivity contribution in [3.8, 4) is 11.4 Å². The molecule has 0 bridgehead atoms. The largest absolute Gasteiger partial charge is 0.483 e. The molecule has 6 heteroatoms. The first-order valence-electron chi connectivity index (χ1n) is 11.6. The van der Waals surface area contributed by atoms with E-state index in [-0.39, 0.29) is 12.5 Å². The number of nitrogens with zero attached hydrogens (tertiary/aromatic N) is 3. The van der Waals surface area contributed by atoms with Crippen LogP contribution in [0.15, 0.2) is 84.9 Å². The van der Waals surface area contributed by atoms with Crippen LogP contribution in [0.3, 0.4) is 0 Å². The van der Waals surface area contributed by atoms with Gasteiger partial charge in [0, 0.05) is 11.1 Å². The Balaban J connectivity index is 1.25. The number of aryl methyl sites for hydroxylation is 1. The van der Waals surface area contributed by atoms with Gasteiger partial charge in [0.25, 0.3) is 5.91 Å². The van der Waals surface area contributed by atoms with Crippen molar-refractivity contribution < 1.29 is 9.53 Å². The van der Waals surface area contributed by atoms with E-state index in [1.807, 2.05) is 72.8 Å². The van der Waals surface area contributed by atoms with E-state index in [9.17, 15) is 4.79 Å². The van der Waals surface area contributed by atoms with Gasteiger partial charge in [-0.2, -0.15) is 4.80 Å². The number of anilines is 1. The van der Waals surface area contributed by atoms with Crippen LogP contribution in [0, 0.1) is 0 Å². The molecule has 0 radical (unpaired) electrons. The first-order valence-corrected chi connectivity index (χ1v) is 11.6. The molecule has 1 amide bonds. The molecule has 6 nitrogen and oxygen atoms in total. The standard InChI is InChI=1S/C28H26N4O2/c1-2-3-7-20-12-15-23(16-13-20)32-30-25-17-14-22(18-26(25)31-32)29-28(33)19-34-27-11-6-9-21-8-4-5-10-24(21)27/h4-6,8-18H,2-3,7,19H2,1H3,(H,29,33). The quantitative estimate of drug-likeness (QED) is 0.318. The highest BCUT2D eigenvalue weighted by molar-refractivity contribution is 5.94. The molecule has 5 rings (SSSR count). The Morgan fingerprint density at radius 2 is 1.71 bits per heavy atom. The topological polar surface area (TPSA) is 69.0 Å². The van der Waals surface area contributed by atoms with E-state index in [1.165, 1.54) is 18.4 Å². The SMILES string of the molecule is CCCCc1ccc(-n2nc3ccc(NC(=O)COc4cccc5ccccc45)cc3n2)cc1. The molecule has 34 heavy (non-hydrogen) atoms. The lowest BCUT2D eigenvalue weighted by Crippen LogP contribution is -2.20. The Kier molecular flexibility index (Phi) is 6.21. The molecule has 0 aliphatic heterocycles. The Bertz CT molecular complexity index is 1440. The minimum absolute atomic E-state index is 0.0802. The summed E-state index contributed by atoms with van der Waals surface area (Å²) < 4.78 is 5.79. The lowest BCUT2D eigenvalue weighted by molar-refractivity contribution is -0.118. The van der Waals surface area contributed by atoms with E-state index in [2.05, 4.69) is 34.6 Å². The van der Waals surface area contributed by atoms with Crippen LogP contribution in [0.2, 0.25) is 0 Å². The van der Waals surface area contributed by atoms with Crippen molar-refractivity contribution in [3.63, 3.8) is 0 Å². The van der Waals surface area contributed by atoms with Crippen molar-refractivity contribution in [3.05, 3.63) is 90.5 Å². The number of rotatable bonds is 8. The van der Waals surface area contributed by atoms with Crippen molar-refractivity contribution in [2.24, 2.45) is 0 Å². The fourth-order valence-corrected chi connectivity index (χ4v) is 3.95. The van der Waals surface area contributed by atoms with E-state index in [0.717, 1.165) is 28.4 Å². The molecule has 5 aromatic rings. The summed E-state index contributed by atoms with van der Waals surface area (Å²) in [6.07, 6.45) is 3.45. The molecular formula is C28H26N4O2. The lowest BCUT2D eigenvalue weighted by Gasteiger charge is -2.09. The second-order valence-corrected chi connectivity index (χ2v) is 8.28. The van der Waals surface area contributed by atoms with Crippen molar-refractivity contribution in [2.75, 3.05) is 11.9 Å². The van der Waals surface area contributed by atoms with Gasteiger partial charge < -0.3 is 10.1 Å². The summed E-state index contributed by atoms with van der Waals surface area (Å²) in [5.74, 6) is 0.453. The van der Waals surface area contributed by atoms with Gasteiger partial charge in [-0.25, -0.2) is 0 Å². The highest BCUT2D eigenvalue weighted by Crippen LogP contribution is 2.25. The summed E-state index contributed by atoms with van der Waals surface area (Å²) in [4.78, 5) is 14.1. The van der Waals surface area contributed by atoms with Crippen LogP contribution in [0.4, 0.5) is 5.69 Å². The summed E-state index contributed by atoms with van der Waals surface area (Å²) in [7, 11) is 0. The number of carbonyl (C=O) groups excluding carboxylic acids is 1. The molecule has 4 aromatic carbocycles. The van der Waals surface area contributed by atoms with Gasteiger partial charge in [-0.3, -0.25) is 4.79 Å². The van der Waals surface area contributed by atoms with E-state index in [4.69, 9.17) is 4.74 Å². The highest BCUT2D eigenvalue weighted by Gasteiger charge is 2.10. The minimum atomic E-state index is -0.234. The number of hydrogen-bond donors (Lipinski definition) is 1. The van der Waals surface area contributed by atoms with E-state index >= 15 is 0 Å². The fourth-order valence-electron chi connectivity index (χ4n) is 3.95. The summed E-state index contributed by atoms with van der Waals surface area (Å²) in [5, 5.41) is 14.1. The number of carbonyl (C=O) groups is 1. The zero-order chi connectivity index (χ0) is 23.3. The third-order valence-electron chi connectivity index (χ3n) is 5.76. The number of fused-ring (bicyclic) bond motifs is 2. The van der Waals surface area contributed by atoms with Gasteiger partial charge in [-0.1, -0.05) is 61.9 Å². The lowest BCUT2D eigenvalue weighted by atomic mass is 10.1. The van der Waals surface area contributed by atoms with Crippen molar-refractivity contribution in [1.82, 2.24) is 15.0 Å². The zero-order valence-electron chi connectivity index (χ0n) is 19.1. The Hall–Kier alpha value is -4.19. The smallest absolute Gasteiger partial charge is 0.262 e. The molecule has 0 aliphatic carbocycles. The first kappa shape index (κ1) is 21.6. The molecule has 0 spiro atoms. The molecule has 0 fully saturated rings. The number of aromatic nitrogens is 3. The predicted molar refractivity (Wildman–Crippen MR) is 136 cm³/mol. The second kappa shape index (κ2) is 9.75. The van der Waals surface area contributed by atoms with Crippen LogP contribution in [0.1, 0.15) is 25.3 Å². The van der Waals surface area contributed by atoms with Crippen molar-refractivity contribution in [1.29, 1.82) is 0 Å². The molecule has 1 aromatic heterocycles. The summed E-state index contributed by atoms with van der Waals surface area (Å²) >= 11 is 0. The first-order chi connectivity index (χ1) is 16.7. The number of amides is 1. The average molecular weight is 451 g/mol. The monoisotopic (exact) mass is 450 g/mol. The van der Waals surface area contributed by atoms with Gasteiger partial charge >= 0.3 is 0 Å². The highest BCUT2D eigenvalue weighted by atomic mass is 16.5. The average Bonchev–Trinajstić information content (AvgIpc) is 3.30. The molecule has 170 valence electrons. The zero-order valence-corrected chi connectivity index (χ0v) is 19.1. The Morgan fingerprint density at radius 1 is 0.912 bits per heavy atom. The molecule has 1 heterocycles. The maximum atomic E-state index is 12.5. The van der Waals surface area contributed by atoms with Crippen LogP contribution in [0.25, 0.3) is 27.5 Å². The van der Waals surface area contributed by atoms with Gasteiger partial charge in [0.15, 0.2) is 6.61 Å². The number of unbranched alkanes of at least 4 members (excludes halogenated alkanes) is 1. The summed E-state index contributed by atoms with van der Waals surface area (Å²) in [5.41, 5.74) is 4.35. The van der Waals surface area contributed by atoms with Crippen LogP contribution < -0.4 is 10.1 Å². The molecular weight excluding hydrogens is 424 g/mol. The van der Waals surface area contributed by atoms with Gasteiger partial charge in [-0.05, 0) is 60.2 Å². The molecule has 0 saturated heterocycles. The number of ether oxygens (including phenoxy) is 1. The van der Waals surface area contributed by atoms with Crippen LogP contribution in [-0.4, -0.2) is 27.5 Å². The van der Waals surface area contributed by atoms with E-state index in [1.54, 1.807) is 4.80 Å². The van der Waals surface area contributed by atoms with Gasteiger partial charge in [0.2, 0.25) is 0 Å². The minimum Gasteiger partial charge on any atom is -0.483 e. The van der Waals surface area contributed by atoms with E-state index in [0.29, 0.717) is 17.0 Å². The molecule has 0 saturated carbocycles. The summed E-state index contributed by atoms with van der Waals surface area (Å²) in [6.45, 7) is 2.12. The van der Waals surface area contributed by atoms with E-state index < -0.39 is 0 Å². The maximum Gasteiger partial charge on any atom is 0.262 e. The molecule has 0 atom stereocenters. The number of benzene rings is 4. The maximum absolute atomic E-state index is 12.5. The Morgan fingerprint density at radius 3 is 2.56 bits per heavy atom. The second-order valence-electron chi connectivity index (χ2n) is 8.28. The van der Waals surface area contributed by atoms with Crippen LogP contribution >= 0.6 is 0 Å². The third-order valence-corrected chi connectivity index (χ3v) is 5.76. The number of hydrogen-bond acceptors (Lipinski definition) is 4. The molecule has 0 unspecified atom stereocenters. The van der Waals surface area contributed by atoms with Gasteiger partial charge in [-0.15, -0.1) is 10.2 Å². The molecule has 1 N–H and O–H groups in total. The Labute approximate surface area is 198 Å². The predicted octanol–water partition coefficient (Wildman–Crippen LogP) is 5.93. The number of nitrogens with one attached hydrogen (secondary N) is 1. The van der Waals surface area contributed by atoms with Gasteiger partial charge in [0.05, 0.1) is 5.69 Å². The van der Waals surface area contributed by atoms with Gasteiger partial charge in [0.1, 0.15) is 16.8 Å². The molecule has 0 aliphatic rings. The van der Waals surface area contributed by atoms with Crippen molar-refractivity contribution >= 4 is 33.4 Å².